The SMILES string of the molecule is Cc1cccc(-n2c3ccc(-c4ccc(-c5ccc(-c6c7cc(C)c(C)cc7c(-c7ccc(-c8ccc(-c9ccc%10c(c9)c9cc(C(C)(C)C)ccc9n%10-c9ccccc9)cc8)cc7)c7cc(C)c(C)cc67)cc5)cc4)cc3c3cc(C(C)(C)C)ccc32)c1. The van der Waals surface area contributed by atoms with Gasteiger partial charge >= 0.3 is 0 Å². The van der Waals surface area contributed by atoms with Gasteiger partial charge in [0.25, 0.3) is 0 Å². The van der Waals surface area contributed by atoms with Gasteiger partial charge in [0.15, 0.2) is 0 Å². The highest BCUT2D eigenvalue weighted by molar-refractivity contribution is 6.22. The van der Waals surface area contributed by atoms with Crippen LogP contribution in [-0.4, -0.2) is 9.13 Å². The minimum atomic E-state index is 0.0394. The average molecular weight is 1150 g/mol. The standard InChI is InChI=1S/C87H74N2/c1-53-16-15-19-71(44-53)89-81-41-37-67(50-73(81)75-52-69(87(9,10)11)39-43-83(75)89)63-26-22-59(23-27-63)61-30-34-65(35-31-61)85-78-47-56(4)54(2)45-76(78)84(77-46-55(3)57(5)48-79(77)85)64-32-28-60(29-33-64)58-20-24-62(25-21-58)66-36-40-80-72(49-66)74-51-68(86(6,7)8)38-42-82(74)88(80)70-17-13-12-14-18-70/h12-52H,1-11H3. The van der Waals surface area contributed by atoms with Gasteiger partial charge in [0.05, 0.1) is 22.1 Å². The van der Waals surface area contributed by atoms with Crippen molar-refractivity contribution in [3.63, 3.8) is 0 Å². The zero-order valence-corrected chi connectivity index (χ0v) is 53.1. The van der Waals surface area contributed by atoms with Crippen LogP contribution in [0.15, 0.2) is 249 Å². The Morgan fingerprint density at radius 1 is 0.225 bits per heavy atom. The van der Waals surface area contributed by atoms with Crippen LogP contribution >= 0.6 is 0 Å². The number of nitrogens with zero attached hydrogens (tertiary/aromatic N) is 2. The summed E-state index contributed by atoms with van der Waals surface area (Å²) in [6, 6.07) is 94.3. The molecule has 0 atom stereocenters. The number of hydrogen-bond donors (Lipinski definition) is 0. The maximum absolute atomic E-state index is 2.43. The van der Waals surface area contributed by atoms with Gasteiger partial charge in [0, 0.05) is 32.9 Å². The van der Waals surface area contributed by atoms with E-state index in [1.807, 2.05) is 0 Å². The molecule has 0 aliphatic carbocycles. The smallest absolute Gasteiger partial charge is 0.0541 e. The molecule has 0 unspecified atom stereocenters. The van der Waals surface area contributed by atoms with Gasteiger partial charge < -0.3 is 9.13 Å². The van der Waals surface area contributed by atoms with E-state index in [2.05, 4.69) is 334 Å². The topological polar surface area (TPSA) is 9.86 Å². The second-order valence-electron chi connectivity index (χ2n) is 27.3. The summed E-state index contributed by atoms with van der Waals surface area (Å²) in [4.78, 5) is 0. The minimum absolute atomic E-state index is 0.0394. The lowest BCUT2D eigenvalue weighted by Gasteiger charge is -2.21. The number of para-hydroxylation sites is 1. The van der Waals surface area contributed by atoms with Gasteiger partial charge in [-0.2, -0.15) is 0 Å². The van der Waals surface area contributed by atoms with Gasteiger partial charge in [-0.15, -0.1) is 0 Å². The lowest BCUT2D eigenvalue weighted by molar-refractivity contribution is 0.591. The average Bonchev–Trinajstić information content (AvgIpc) is 1.16. The zero-order valence-electron chi connectivity index (χ0n) is 53.1. The summed E-state index contributed by atoms with van der Waals surface area (Å²) in [5.74, 6) is 0. The fraction of sp³-hybridized carbons (Fsp3) is 0.149. The van der Waals surface area contributed by atoms with Crippen LogP contribution in [0.1, 0.15) is 80.5 Å². The number of fused-ring (bicyclic) bond motifs is 8. The second-order valence-corrected chi connectivity index (χ2v) is 27.3. The fourth-order valence-electron chi connectivity index (χ4n) is 14.0. The molecule has 0 aliphatic rings. The molecular formula is C87H74N2. The summed E-state index contributed by atoms with van der Waals surface area (Å²) in [6.45, 7) is 25.0. The first kappa shape index (κ1) is 55.6. The zero-order chi connectivity index (χ0) is 61.2. The summed E-state index contributed by atoms with van der Waals surface area (Å²) >= 11 is 0. The van der Waals surface area contributed by atoms with Crippen LogP contribution in [0, 0.1) is 34.6 Å². The van der Waals surface area contributed by atoms with E-state index in [0.29, 0.717) is 0 Å². The van der Waals surface area contributed by atoms with Crippen LogP contribution in [-0.2, 0) is 10.8 Å². The molecular weight excluding hydrogens is 1070 g/mol. The van der Waals surface area contributed by atoms with E-state index in [-0.39, 0.29) is 10.8 Å². The maximum atomic E-state index is 2.43. The lowest BCUT2D eigenvalue weighted by atomic mass is 9.83. The fourth-order valence-corrected chi connectivity index (χ4v) is 14.0. The molecule has 0 N–H and O–H groups in total. The Labute approximate surface area is 524 Å². The van der Waals surface area contributed by atoms with Crippen LogP contribution in [0.2, 0.25) is 0 Å². The summed E-state index contributed by atoms with van der Waals surface area (Å²) in [6.07, 6.45) is 0. The minimum Gasteiger partial charge on any atom is -0.309 e. The van der Waals surface area contributed by atoms with Gasteiger partial charge in [-0.25, -0.2) is 0 Å². The normalized spacial score (nSPS) is 12.2. The van der Waals surface area contributed by atoms with E-state index in [4.69, 9.17) is 0 Å². The van der Waals surface area contributed by atoms with Crippen LogP contribution in [0.25, 0.3) is 143 Å². The molecule has 13 aromatic carbocycles. The Kier molecular flexibility index (Phi) is 13.2. The van der Waals surface area contributed by atoms with Crippen molar-refractivity contribution < 1.29 is 0 Å². The molecule has 89 heavy (non-hydrogen) atoms. The van der Waals surface area contributed by atoms with E-state index in [1.54, 1.807) is 0 Å². The van der Waals surface area contributed by atoms with Crippen molar-refractivity contribution in [3.05, 3.63) is 288 Å². The summed E-state index contributed by atoms with van der Waals surface area (Å²) in [5.41, 5.74) is 31.1. The number of rotatable bonds is 8. The molecule has 0 bridgehead atoms. The number of aryl methyl sites for hydroxylation is 5. The van der Waals surface area contributed by atoms with Crippen LogP contribution in [0.5, 0.6) is 0 Å². The number of hydrogen-bond acceptors (Lipinski definition) is 0. The van der Waals surface area contributed by atoms with Gasteiger partial charge in [-0.1, -0.05) is 217 Å². The molecule has 2 nitrogen and oxygen atoms in total. The van der Waals surface area contributed by atoms with E-state index < -0.39 is 0 Å². The lowest BCUT2D eigenvalue weighted by Crippen LogP contribution is -2.10. The highest BCUT2D eigenvalue weighted by atomic mass is 15.0. The Hall–Kier alpha value is -10.0. The van der Waals surface area contributed by atoms with Crippen molar-refractivity contribution in [2.24, 2.45) is 0 Å². The van der Waals surface area contributed by atoms with Gasteiger partial charge in [0.1, 0.15) is 0 Å². The van der Waals surface area contributed by atoms with Crippen LogP contribution in [0.3, 0.4) is 0 Å². The molecule has 0 aliphatic heterocycles. The molecule has 15 aromatic rings. The molecule has 0 saturated carbocycles. The number of benzene rings is 13. The third-order valence-electron chi connectivity index (χ3n) is 19.3. The Balaban J connectivity index is 0.749. The molecule has 2 aromatic heterocycles. The second kappa shape index (κ2) is 21.1. The predicted molar refractivity (Wildman–Crippen MR) is 384 cm³/mol. The predicted octanol–water partition coefficient (Wildman–Crippen LogP) is 24.3. The summed E-state index contributed by atoms with van der Waals surface area (Å²) < 4.78 is 4.84. The Bertz CT molecular complexity index is 5240. The first-order chi connectivity index (χ1) is 42.9. The van der Waals surface area contributed by atoms with E-state index in [9.17, 15) is 0 Å². The van der Waals surface area contributed by atoms with E-state index >= 15 is 0 Å². The molecule has 2 heterocycles. The van der Waals surface area contributed by atoms with Crippen molar-refractivity contribution in [2.75, 3.05) is 0 Å². The van der Waals surface area contributed by atoms with Gasteiger partial charge in [-0.05, 0) is 245 Å². The quantitative estimate of drug-likeness (QED) is 0.134. The molecule has 0 spiro atoms. The van der Waals surface area contributed by atoms with Crippen LogP contribution < -0.4 is 0 Å². The third-order valence-corrected chi connectivity index (χ3v) is 19.3. The van der Waals surface area contributed by atoms with E-state index in [0.717, 1.165) is 0 Å². The Morgan fingerprint density at radius 2 is 0.517 bits per heavy atom. The van der Waals surface area contributed by atoms with Crippen molar-refractivity contribution >= 4 is 65.2 Å². The molecule has 0 amide bonds. The van der Waals surface area contributed by atoms with Gasteiger partial charge in [0.2, 0.25) is 0 Å². The third kappa shape index (κ3) is 9.65. The summed E-state index contributed by atoms with van der Waals surface area (Å²) in [7, 11) is 0. The van der Waals surface area contributed by atoms with Crippen molar-refractivity contribution in [3.8, 4) is 78.1 Å². The van der Waals surface area contributed by atoms with E-state index in [1.165, 1.54) is 182 Å². The molecule has 0 saturated heterocycles. The largest absolute Gasteiger partial charge is 0.309 e. The molecule has 15 rings (SSSR count). The molecule has 2 heteroatoms. The highest BCUT2D eigenvalue weighted by Gasteiger charge is 2.23. The monoisotopic (exact) mass is 1150 g/mol. The van der Waals surface area contributed by atoms with Crippen molar-refractivity contribution in [1.29, 1.82) is 0 Å². The van der Waals surface area contributed by atoms with Crippen LogP contribution in [0.4, 0.5) is 0 Å². The van der Waals surface area contributed by atoms with Gasteiger partial charge in [-0.3, -0.25) is 0 Å². The first-order valence-corrected chi connectivity index (χ1v) is 31.6. The first-order valence-electron chi connectivity index (χ1n) is 31.6. The highest BCUT2D eigenvalue weighted by Crippen LogP contribution is 2.47. The molecule has 0 fully saturated rings. The number of aromatic nitrogens is 2. The molecule has 0 radical (unpaired) electrons. The summed E-state index contributed by atoms with van der Waals surface area (Å²) in [5, 5.41) is 10.2. The van der Waals surface area contributed by atoms with Crippen molar-refractivity contribution in [2.45, 2.75) is 87.0 Å². The maximum Gasteiger partial charge on any atom is 0.0541 e. The Morgan fingerprint density at radius 3 is 0.865 bits per heavy atom. The van der Waals surface area contributed by atoms with Crippen molar-refractivity contribution in [1.82, 2.24) is 9.13 Å². The molecule has 432 valence electrons.